The minimum Gasteiger partial charge on any atom is -0.378 e. The Kier molecular flexibility index (Phi) is 9.99. The molecule has 0 saturated heterocycles. The summed E-state index contributed by atoms with van der Waals surface area (Å²) < 4.78 is 16.6. The molecule has 0 aromatic rings. The quantitative estimate of drug-likeness (QED) is 0.541. The van der Waals surface area contributed by atoms with E-state index in [1.54, 1.807) is 0 Å². The van der Waals surface area contributed by atoms with Gasteiger partial charge < -0.3 is 14.2 Å². The summed E-state index contributed by atoms with van der Waals surface area (Å²) in [6, 6.07) is 0. The summed E-state index contributed by atoms with van der Waals surface area (Å²) in [6.45, 7) is 12.6. The molecule has 0 radical (unpaired) electrons. The lowest BCUT2D eigenvalue weighted by molar-refractivity contribution is -0.149. The van der Waals surface area contributed by atoms with Crippen LogP contribution >= 0.6 is 0 Å². The van der Waals surface area contributed by atoms with E-state index in [9.17, 15) is 0 Å². The Bertz CT molecular complexity index is 142. The van der Waals surface area contributed by atoms with Gasteiger partial charge in [0.15, 0.2) is 6.29 Å². The molecule has 0 aliphatic carbocycles. The largest absolute Gasteiger partial charge is 0.378 e. The first-order chi connectivity index (χ1) is 7.60. The topological polar surface area (TPSA) is 27.7 Å². The summed E-state index contributed by atoms with van der Waals surface area (Å²) >= 11 is 0. The van der Waals surface area contributed by atoms with Gasteiger partial charge in [0.25, 0.3) is 0 Å². The Labute approximate surface area is 100 Å². The zero-order chi connectivity index (χ0) is 12.4. The van der Waals surface area contributed by atoms with Crippen LogP contribution in [0.1, 0.15) is 47.5 Å². The highest BCUT2D eigenvalue weighted by atomic mass is 16.7. The van der Waals surface area contributed by atoms with Crippen molar-refractivity contribution in [3.63, 3.8) is 0 Å². The zero-order valence-electron chi connectivity index (χ0n) is 11.5. The van der Waals surface area contributed by atoms with Crippen LogP contribution in [-0.2, 0) is 14.2 Å². The summed E-state index contributed by atoms with van der Waals surface area (Å²) in [5.41, 5.74) is 0. The third-order valence-electron chi connectivity index (χ3n) is 2.26. The third-order valence-corrected chi connectivity index (χ3v) is 2.26. The molecule has 0 aromatic carbocycles. The summed E-state index contributed by atoms with van der Waals surface area (Å²) in [7, 11) is 0. The molecule has 0 rings (SSSR count). The fourth-order valence-electron chi connectivity index (χ4n) is 1.68. The molecule has 0 fully saturated rings. The molecule has 0 amide bonds. The zero-order valence-corrected chi connectivity index (χ0v) is 11.5. The normalized spacial score (nSPS) is 13.7. The van der Waals surface area contributed by atoms with Crippen LogP contribution in [-0.4, -0.2) is 32.2 Å². The van der Waals surface area contributed by atoms with Crippen molar-refractivity contribution in [3.05, 3.63) is 0 Å². The number of ether oxygens (including phenoxy) is 3. The summed E-state index contributed by atoms with van der Waals surface area (Å²) in [6.07, 6.45) is 2.13. The lowest BCUT2D eigenvalue weighted by atomic mass is 10.1. The predicted octanol–water partition coefficient (Wildman–Crippen LogP) is 3.23. The van der Waals surface area contributed by atoms with Crippen LogP contribution in [0.4, 0.5) is 0 Å². The van der Waals surface area contributed by atoms with Gasteiger partial charge in [-0.25, -0.2) is 0 Å². The standard InChI is InChI=1S/C13H28O3/c1-6-14-13(15-7-2)8-9-16-12(5)10-11(3)4/h11-13H,6-10H2,1-5H3. The highest BCUT2D eigenvalue weighted by molar-refractivity contribution is 4.54. The molecular weight excluding hydrogens is 204 g/mol. The minimum atomic E-state index is -0.110. The number of hydrogen-bond acceptors (Lipinski definition) is 3. The SMILES string of the molecule is CCOC(CCOC(C)CC(C)C)OCC. The van der Waals surface area contributed by atoms with Crippen LogP contribution < -0.4 is 0 Å². The van der Waals surface area contributed by atoms with Crippen molar-refractivity contribution in [1.29, 1.82) is 0 Å². The van der Waals surface area contributed by atoms with Gasteiger partial charge in [-0.2, -0.15) is 0 Å². The summed E-state index contributed by atoms with van der Waals surface area (Å²) in [4.78, 5) is 0. The van der Waals surface area contributed by atoms with Gasteiger partial charge in [0, 0.05) is 19.6 Å². The van der Waals surface area contributed by atoms with E-state index in [0.29, 0.717) is 31.8 Å². The van der Waals surface area contributed by atoms with Crippen molar-refractivity contribution >= 4 is 0 Å². The van der Waals surface area contributed by atoms with Gasteiger partial charge in [-0.1, -0.05) is 13.8 Å². The highest BCUT2D eigenvalue weighted by Crippen LogP contribution is 2.09. The molecular formula is C13H28O3. The van der Waals surface area contributed by atoms with Crippen LogP contribution in [0.2, 0.25) is 0 Å². The molecule has 0 N–H and O–H groups in total. The van der Waals surface area contributed by atoms with Crippen molar-refractivity contribution in [2.45, 2.75) is 59.9 Å². The van der Waals surface area contributed by atoms with E-state index in [1.165, 1.54) is 0 Å². The van der Waals surface area contributed by atoms with Gasteiger partial charge >= 0.3 is 0 Å². The summed E-state index contributed by atoms with van der Waals surface area (Å²) in [5, 5.41) is 0. The molecule has 0 aromatic heterocycles. The van der Waals surface area contributed by atoms with Gasteiger partial charge in [-0.05, 0) is 33.1 Å². The first-order valence-corrected chi connectivity index (χ1v) is 6.44. The van der Waals surface area contributed by atoms with Crippen LogP contribution in [0.25, 0.3) is 0 Å². The minimum absolute atomic E-state index is 0.110. The Balaban J connectivity index is 3.59. The van der Waals surface area contributed by atoms with Gasteiger partial charge in [0.05, 0.1) is 12.7 Å². The van der Waals surface area contributed by atoms with Crippen molar-refractivity contribution in [3.8, 4) is 0 Å². The molecule has 3 nitrogen and oxygen atoms in total. The monoisotopic (exact) mass is 232 g/mol. The fraction of sp³-hybridized carbons (Fsp3) is 1.00. The van der Waals surface area contributed by atoms with Crippen molar-refractivity contribution in [2.24, 2.45) is 5.92 Å². The molecule has 3 heteroatoms. The van der Waals surface area contributed by atoms with E-state index >= 15 is 0 Å². The second kappa shape index (κ2) is 10.1. The molecule has 0 aliphatic rings. The van der Waals surface area contributed by atoms with E-state index in [-0.39, 0.29) is 6.29 Å². The average Bonchev–Trinajstić information content (AvgIpc) is 2.17. The number of hydrogen-bond donors (Lipinski definition) is 0. The van der Waals surface area contributed by atoms with Crippen molar-refractivity contribution in [2.75, 3.05) is 19.8 Å². The maximum Gasteiger partial charge on any atom is 0.159 e. The smallest absolute Gasteiger partial charge is 0.159 e. The maximum atomic E-state index is 5.72. The van der Waals surface area contributed by atoms with E-state index in [0.717, 1.165) is 12.8 Å². The van der Waals surface area contributed by atoms with Crippen LogP contribution in [0.3, 0.4) is 0 Å². The van der Waals surface area contributed by atoms with Gasteiger partial charge in [-0.15, -0.1) is 0 Å². The highest BCUT2D eigenvalue weighted by Gasteiger charge is 2.10. The van der Waals surface area contributed by atoms with Crippen molar-refractivity contribution < 1.29 is 14.2 Å². The second-order valence-corrected chi connectivity index (χ2v) is 4.44. The van der Waals surface area contributed by atoms with Gasteiger partial charge in [-0.3, -0.25) is 0 Å². The Morgan fingerprint density at radius 2 is 1.44 bits per heavy atom. The van der Waals surface area contributed by atoms with Crippen molar-refractivity contribution in [1.82, 2.24) is 0 Å². The lowest BCUT2D eigenvalue weighted by Crippen LogP contribution is -2.21. The third kappa shape index (κ3) is 9.13. The molecule has 0 spiro atoms. The Morgan fingerprint density at radius 1 is 0.875 bits per heavy atom. The van der Waals surface area contributed by atoms with E-state index in [1.807, 2.05) is 13.8 Å². The fourth-order valence-corrected chi connectivity index (χ4v) is 1.68. The molecule has 98 valence electrons. The molecule has 1 atom stereocenters. The van der Waals surface area contributed by atoms with Gasteiger partial charge in [0.1, 0.15) is 0 Å². The van der Waals surface area contributed by atoms with E-state index < -0.39 is 0 Å². The molecule has 0 bridgehead atoms. The molecule has 0 heterocycles. The first-order valence-electron chi connectivity index (χ1n) is 6.44. The Morgan fingerprint density at radius 3 is 1.88 bits per heavy atom. The molecule has 1 unspecified atom stereocenters. The molecule has 0 saturated carbocycles. The van der Waals surface area contributed by atoms with Crippen LogP contribution in [0.15, 0.2) is 0 Å². The van der Waals surface area contributed by atoms with Gasteiger partial charge in [0.2, 0.25) is 0 Å². The predicted molar refractivity (Wildman–Crippen MR) is 66.5 cm³/mol. The average molecular weight is 232 g/mol. The summed E-state index contributed by atoms with van der Waals surface area (Å²) in [5.74, 6) is 0.685. The molecule has 16 heavy (non-hydrogen) atoms. The second-order valence-electron chi connectivity index (χ2n) is 4.44. The van der Waals surface area contributed by atoms with Crippen LogP contribution in [0, 0.1) is 5.92 Å². The first kappa shape index (κ1) is 15.9. The van der Waals surface area contributed by atoms with E-state index in [4.69, 9.17) is 14.2 Å². The van der Waals surface area contributed by atoms with E-state index in [2.05, 4.69) is 20.8 Å². The Hall–Kier alpha value is -0.120. The maximum absolute atomic E-state index is 5.72. The van der Waals surface area contributed by atoms with Crippen LogP contribution in [0.5, 0.6) is 0 Å². The number of rotatable bonds is 10. The lowest BCUT2D eigenvalue weighted by Gasteiger charge is -2.19. The molecule has 0 aliphatic heterocycles.